The average Bonchev–Trinajstić information content (AvgIpc) is 2.82. The van der Waals surface area contributed by atoms with E-state index >= 15 is 0 Å². The number of nitrogens with zero attached hydrogens (tertiary/aromatic N) is 4. The molecule has 0 saturated carbocycles. The lowest BCUT2D eigenvalue weighted by atomic mass is 9.49. The molecule has 15 heteroatoms. The Balaban J connectivity index is 1.63. The highest BCUT2D eigenvalue weighted by Crippen LogP contribution is 2.30. The van der Waals surface area contributed by atoms with Crippen LogP contribution in [0.2, 0.25) is 5.02 Å². The molecule has 1 aromatic carbocycles. The fraction of sp³-hybridized carbons (Fsp3) is 0.417. The van der Waals surface area contributed by atoms with Crippen LogP contribution in [0.25, 0.3) is 10.9 Å². The van der Waals surface area contributed by atoms with E-state index in [0.717, 1.165) is 19.5 Å². The van der Waals surface area contributed by atoms with Gasteiger partial charge in [0.2, 0.25) is 11.9 Å². The number of pyridine rings is 1. The maximum atomic E-state index is 12.9. The Kier molecular flexibility index (Phi) is 8.08. The molecule has 2 N–H and O–H groups in total. The minimum atomic E-state index is -2.49. The van der Waals surface area contributed by atoms with Crippen molar-refractivity contribution in [2.45, 2.75) is 30.9 Å². The normalized spacial score (nSPS) is 18.1. The van der Waals surface area contributed by atoms with E-state index in [2.05, 4.69) is 34.0 Å². The van der Waals surface area contributed by atoms with Gasteiger partial charge in [-0.2, -0.15) is 4.98 Å². The number of ether oxygens (including phenoxy) is 1. The number of hydrogen-bond acceptors (Lipinski definition) is 7. The lowest BCUT2D eigenvalue weighted by molar-refractivity contribution is -0.126. The van der Waals surface area contributed by atoms with Crippen LogP contribution in [0.4, 0.5) is 17.5 Å². The lowest BCUT2D eigenvalue weighted by Crippen LogP contribution is -2.61. The van der Waals surface area contributed by atoms with E-state index in [0.29, 0.717) is 45.2 Å². The molecule has 0 unspecified atom stereocenters. The summed E-state index contributed by atoms with van der Waals surface area (Å²) in [5.74, 6) is 0.679. The second-order valence-corrected chi connectivity index (χ2v) is 10.7. The molecule has 0 bridgehead atoms. The zero-order valence-corrected chi connectivity index (χ0v) is 22.7. The highest BCUT2D eigenvalue weighted by molar-refractivity contribution is 6.61. The number of anilines is 3. The number of amides is 1. The van der Waals surface area contributed by atoms with Crippen LogP contribution in [-0.2, 0) is 11.8 Å². The Morgan fingerprint density at radius 2 is 1.79 bits per heavy atom. The zero-order chi connectivity index (χ0) is 28.7. The number of carbonyl (C=O) groups is 1. The Morgan fingerprint density at radius 1 is 1.13 bits per heavy atom. The summed E-state index contributed by atoms with van der Waals surface area (Å²) in [6.07, 6.45) is 2.73. The molecule has 0 aliphatic carbocycles. The van der Waals surface area contributed by atoms with Crippen molar-refractivity contribution in [1.29, 1.82) is 0 Å². The smallest absolute Gasteiger partial charge is 0.293 e. The van der Waals surface area contributed by atoms with Crippen LogP contribution in [0, 0.1) is 11.8 Å². The van der Waals surface area contributed by atoms with Gasteiger partial charge >= 0.3 is 0 Å². The van der Waals surface area contributed by atoms with E-state index in [-0.39, 0.29) is 5.75 Å². The summed E-state index contributed by atoms with van der Waals surface area (Å²) in [6.45, 7) is 6.16. The van der Waals surface area contributed by atoms with Gasteiger partial charge in [0.15, 0.2) is 11.6 Å². The molecule has 9 nitrogen and oxygen atoms in total. The second-order valence-electron chi connectivity index (χ2n) is 10.3. The summed E-state index contributed by atoms with van der Waals surface area (Å²) in [5, 5.41) is 1.55. The topological polar surface area (TPSA) is 101 Å². The third-order valence-corrected chi connectivity index (χ3v) is 6.58. The standard InChI is InChI=1S/C24H24B5ClN6O3/c1-12-6-13(2)11-36(10-12)22-31-9-16(30)19(33-22)32-15-4-5-17-14(7-15)8-18(20(37)35(17)3)39-23(25,26)21(38)34-24(27,28)29/h4-5,7-9,12-13H,6,10-11H2,1-3H3,(H,34,38)(H,31,32,33)/t12-,13+. The molecular weight excluding hydrogens is 510 g/mol. The number of aromatic nitrogens is 3. The van der Waals surface area contributed by atoms with Crippen molar-refractivity contribution in [3.05, 3.63) is 45.8 Å². The average molecular weight is 534 g/mol. The maximum Gasteiger partial charge on any atom is 0.293 e. The number of aryl methyl sites for hydroxylation is 1. The summed E-state index contributed by atoms with van der Waals surface area (Å²) in [4.78, 5) is 36.5. The predicted molar refractivity (Wildman–Crippen MR) is 158 cm³/mol. The van der Waals surface area contributed by atoms with Crippen molar-refractivity contribution in [3.63, 3.8) is 0 Å². The maximum absolute atomic E-state index is 12.9. The fourth-order valence-corrected chi connectivity index (χ4v) is 4.83. The molecule has 1 saturated heterocycles. The molecule has 4 rings (SSSR count). The molecule has 2 aromatic heterocycles. The largest absolute Gasteiger partial charge is 0.492 e. The number of fused-ring (bicyclic) bond motifs is 1. The van der Waals surface area contributed by atoms with Crippen LogP contribution < -0.4 is 25.8 Å². The number of benzene rings is 1. The summed E-state index contributed by atoms with van der Waals surface area (Å²) >= 11 is 6.42. The SMILES string of the molecule is [B]C([B])([B])NC(=O)C([B])([B])Oc1cc2cc(Nc3nc(N4C[C@H](C)C[C@H](C)C4)ncc3Cl)ccc2n(C)c1=O. The van der Waals surface area contributed by atoms with Gasteiger partial charge in [0.25, 0.3) is 5.56 Å². The van der Waals surface area contributed by atoms with Crippen molar-refractivity contribution in [2.75, 3.05) is 23.3 Å². The van der Waals surface area contributed by atoms with E-state index in [4.69, 9.17) is 55.6 Å². The molecule has 0 spiro atoms. The van der Waals surface area contributed by atoms with E-state index < -0.39 is 22.1 Å². The van der Waals surface area contributed by atoms with Crippen LogP contribution in [0.1, 0.15) is 20.3 Å². The van der Waals surface area contributed by atoms with E-state index in [1.165, 1.54) is 17.7 Å². The summed E-state index contributed by atoms with van der Waals surface area (Å²) in [7, 11) is 29.2. The Morgan fingerprint density at radius 3 is 2.44 bits per heavy atom. The first kappa shape index (κ1) is 29.0. The van der Waals surface area contributed by atoms with Crippen molar-refractivity contribution in [3.8, 4) is 5.75 Å². The minimum absolute atomic E-state index is 0.283. The molecule has 190 valence electrons. The minimum Gasteiger partial charge on any atom is -0.492 e. The molecule has 10 radical (unpaired) electrons. The summed E-state index contributed by atoms with van der Waals surface area (Å²) < 4.78 is 6.71. The van der Waals surface area contributed by atoms with E-state index in [1.54, 1.807) is 24.4 Å². The first-order valence-corrected chi connectivity index (χ1v) is 12.6. The van der Waals surface area contributed by atoms with Crippen LogP contribution >= 0.6 is 11.6 Å². The quantitative estimate of drug-likeness (QED) is 0.433. The molecule has 2 atom stereocenters. The van der Waals surface area contributed by atoms with Crippen molar-refractivity contribution in [1.82, 2.24) is 19.9 Å². The summed E-state index contributed by atoms with van der Waals surface area (Å²) in [5.41, 5.74) is 0.629. The molecule has 3 aromatic rings. The van der Waals surface area contributed by atoms with Gasteiger partial charge in [0.05, 0.1) is 35.3 Å². The molecule has 3 heterocycles. The predicted octanol–water partition coefficient (Wildman–Crippen LogP) is 0.810. The Bertz CT molecular complexity index is 1450. The first-order chi connectivity index (χ1) is 18.1. The first-order valence-electron chi connectivity index (χ1n) is 12.3. The van der Waals surface area contributed by atoms with Gasteiger partial charge in [-0.25, -0.2) is 4.98 Å². The number of piperidine rings is 1. The lowest BCUT2D eigenvalue weighted by Gasteiger charge is -2.35. The molecule has 1 amide bonds. The second kappa shape index (κ2) is 10.9. The van der Waals surface area contributed by atoms with Crippen molar-refractivity contribution in [2.24, 2.45) is 18.9 Å². The van der Waals surface area contributed by atoms with Gasteiger partial charge in [-0.15, -0.1) is 0 Å². The number of rotatable bonds is 7. The Hall–Kier alpha value is -3.01. The highest BCUT2D eigenvalue weighted by atomic mass is 35.5. The zero-order valence-electron chi connectivity index (χ0n) is 21.9. The van der Waals surface area contributed by atoms with Crippen LogP contribution in [0.5, 0.6) is 5.75 Å². The molecule has 1 aliphatic heterocycles. The number of nitrogens with one attached hydrogen (secondary N) is 2. The van der Waals surface area contributed by atoms with Crippen molar-refractivity contribution >= 4 is 85.1 Å². The summed E-state index contributed by atoms with van der Waals surface area (Å²) in [6, 6.07) is 6.68. The third-order valence-electron chi connectivity index (χ3n) is 6.30. The van der Waals surface area contributed by atoms with Crippen LogP contribution in [0.3, 0.4) is 0 Å². The highest BCUT2D eigenvalue weighted by Gasteiger charge is 2.32. The van der Waals surface area contributed by atoms with Gasteiger partial charge in [0.1, 0.15) is 26.1 Å². The van der Waals surface area contributed by atoms with Gasteiger partial charge in [-0.1, -0.05) is 30.7 Å². The van der Waals surface area contributed by atoms with E-state index in [1.807, 2.05) is 5.32 Å². The van der Waals surface area contributed by atoms with Gasteiger partial charge in [-0.05, 0) is 42.5 Å². The molecule has 1 fully saturated rings. The third kappa shape index (κ3) is 6.77. The number of halogens is 1. The van der Waals surface area contributed by atoms with Gasteiger partial charge in [0, 0.05) is 31.2 Å². The molecule has 39 heavy (non-hydrogen) atoms. The molecule has 1 aliphatic rings. The van der Waals surface area contributed by atoms with Gasteiger partial charge < -0.3 is 24.8 Å². The molecular formula is C24H24B5ClN6O3. The fourth-order valence-electron chi connectivity index (χ4n) is 4.69. The number of carbonyl (C=O) groups excluding carboxylic acids is 1. The monoisotopic (exact) mass is 534 g/mol. The van der Waals surface area contributed by atoms with Gasteiger partial charge in [-0.3, -0.25) is 9.59 Å². The van der Waals surface area contributed by atoms with Crippen LogP contribution in [0.15, 0.2) is 35.3 Å². The van der Waals surface area contributed by atoms with Crippen LogP contribution in [-0.4, -0.2) is 83.4 Å². The van der Waals surface area contributed by atoms with E-state index in [9.17, 15) is 9.59 Å². The van der Waals surface area contributed by atoms with Crippen molar-refractivity contribution < 1.29 is 9.53 Å². The number of hydrogen-bond donors (Lipinski definition) is 2. The Labute approximate surface area is 238 Å².